The zero-order valence-electron chi connectivity index (χ0n) is 11.9. The zero-order chi connectivity index (χ0) is 15.2. The van der Waals surface area contributed by atoms with Gasteiger partial charge in [0, 0.05) is 17.5 Å². The standard InChI is InChI=1S/C16H20ClNO3/c17-14-8-4-1-5-12(14)9-10-15(19)18(11-16(20)21)13-6-2-3-7-13/h1,4-5,8,13H,2-3,6-7,9-11H2,(H,20,21). The first-order valence-corrected chi connectivity index (χ1v) is 7.70. The molecule has 0 unspecified atom stereocenters. The van der Waals surface area contributed by atoms with Gasteiger partial charge in [-0.1, -0.05) is 42.6 Å². The number of nitrogens with zero attached hydrogens (tertiary/aromatic N) is 1. The number of rotatable bonds is 6. The summed E-state index contributed by atoms with van der Waals surface area (Å²) in [4.78, 5) is 24.9. The van der Waals surface area contributed by atoms with Crippen LogP contribution in [0.3, 0.4) is 0 Å². The average Bonchev–Trinajstić information content (AvgIpc) is 2.97. The molecule has 1 aromatic carbocycles. The number of hydrogen-bond acceptors (Lipinski definition) is 2. The molecule has 0 aliphatic heterocycles. The number of carboxylic acid groups (broad SMARTS) is 1. The molecule has 5 heteroatoms. The van der Waals surface area contributed by atoms with Crippen LogP contribution in [0.25, 0.3) is 0 Å². The van der Waals surface area contributed by atoms with Crippen molar-refractivity contribution in [1.82, 2.24) is 4.90 Å². The molecule has 114 valence electrons. The fourth-order valence-corrected chi connectivity index (χ4v) is 3.10. The third-order valence-corrected chi connectivity index (χ3v) is 4.33. The van der Waals surface area contributed by atoms with E-state index in [0.717, 1.165) is 31.2 Å². The van der Waals surface area contributed by atoms with Crippen molar-refractivity contribution in [2.75, 3.05) is 6.54 Å². The van der Waals surface area contributed by atoms with Crippen molar-refractivity contribution >= 4 is 23.5 Å². The molecule has 0 saturated heterocycles. The Balaban J connectivity index is 1.97. The van der Waals surface area contributed by atoms with E-state index < -0.39 is 5.97 Å². The molecule has 0 bridgehead atoms. The molecule has 21 heavy (non-hydrogen) atoms. The summed E-state index contributed by atoms with van der Waals surface area (Å²) < 4.78 is 0. The SMILES string of the molecule is O=C(O)CN(C(=O)CCc1ccccc1Cl)C1CCCC1. The second-order valence-electron chi connectivity index (χ2n) is 5.45. The molecule has 0 heterocycles. The fourth-order valence-electron chi connectivity index (χ4n) is 2.87. The minimum Gasteiger partial charge on any atom is -0.480 e. The van der Waals surface area contributed by atoms with E-state index in [4.69, 9.17) is 16.7 Å². The molecular formula is C16H20ClNO3. The van der Waals surface area contributed by atoms with Crippen molar-refractivity contribution in [1.29, 1.82) is 0 Å². The number of aliphatic carboxylic acids is 1. The Bertz CT molecular complexity index is 512. The molecule has 0 radical (unpaired) electrons. The van der Waals surface area contributed by atoms with Gasteiger partial charge in [0.25, 0.3) is 0 Å². The molecule has 1 amide bonds. The minimum atomic E-state index is -0.951. The molecule has 0 aromatic heterocycles. The second kappa shape index (κ2) is 7.46. The number of benzene rings is 1. The van der Waals surface area contributed by atoms with Gasteiger partial charge >= 0.3 is 5.97 Å². The molecule has 4 nitrogen and oxygen atoms in total. The van der Waals surface area contributed by atoms with Crippen LogP contribution in [0.2, 0.25) is 5.02 Å². The number of carbonyl (C=O) groups is 2. The van der Waals surface area contributed by atoms with Crippen LogP contribution in [0.1, 0.15) is 37.7 Å². The number of halogens is 1. The van der Waals surface area contributed by atoms with Crippen LogP contribution < -0.4 is 0 Å². The summed E-state index contributed by atoms with van der Waals surface area (Å²) in [6, 6.07) is 7.51. The lowest BCUT2D eigenvalue weighted by atomic mass is 10.1. The highest BCUT2D eigenvalue weighted by Gasteiger charge is 2.27. The molecule has 1 aliphatic carbocycles. The smallest absolute Gasteiger partial charge is 0.323 e. The van der Waals surface area contributed by atoms with E-state index in [1.807, 2.05) is 18.2 Å². The van der Waals surface area contributed by atoms with E-state index in [1.54, 1.807) is 6.07 Å². The molecule has 1 N–H and O–H groups in total. The van der Waals surface area contributed by atoms with Crippen LogP contribution >= 0.6 is 11.6 Å². The van der Waals surface area contributed by atoms with Gasteiger partial charge in [-0.25, -0.2) is 0 Å². The van der Waals surface area contributed by atoms with Gasteiger partial charge in [-0.3, -0.25) is 9.59 Å². The van der Waals surface area contributed by atoms with Crippen LogP contribution in [0.4, 0.5) is 0 Å². The van der Waals surface area contributed by atoms with Crippen molar-refractivity contribution in [3.63, 3.8) is 0 Å². The van der Waals surface area contributed by atoms with Crippen molar-refractivity contribution in [3.05, 3.63) is 34.9 Å². The summed E-state index contributed by atoms with van der Waals surface area (Å²) in [5, 5.41) is 9.66. The molecule has 1 fully saturated rings. The first-order valence-electron chi connectivity index (χ1n) is 7.32. The van der Waals surface area contributed by atoms with Crippen LogP contribution in [0.5, 0.6) is 0 Å². The fraction of sp³-hybridized carbons (Fsp3) is 0.500. The number of hydrogen-bond donors (Lipinski definition) is 1. The summed E-state index contributed by atoms with van der Waals surface area (Å²) in [6.07, 6.45) is 4.79. The quantitative estimate of drug-likeness (QED) is 0.878. The van der Waals surface area contributed by atoms with Crippen LogP contribution in [0, 0.1) is 0 Å². The third-order valence-electron chi connectivity index (χ3n) is 3.96. The Morgan fingerprint density at radius 1 is 1.24 bits per heavy atom. The van der Waals surface area contributed by atoms with Crippen LogP contribution in [-0.4, -0.2) is 34.5 Å². The van der Waals surface area contributed by atoms with E-state index in [0.29, 0.717) is 17.9 Å². The normalized spacial score (nSPS) is 15.1. The van der Waals surface area contributed by atoms with Gasteiger partial charge < -0.3 is 10.0 Å². The van der Waals surface area contributed by atoms with Crippen molar-refractivity contribution < 1.29 is 14.7 Å². The Hall–Kier alpha value is -1.55. The van der Waals surface area contributed by atoms with Gasteiger partial charge in [0.1, 0.15) is 6.54 Å². The number of aryl methyl sites for hydroxylation is 1. The topological polar surface area (TPSA) is 57.6 Å². The van der Waals surface area contributed by atoms with E-state index in [1.165, 1.54) is 4.90 Å². The Morgan fingerprint density at radius 3 is 2.52 bits per heavy atom. The lowest BCUT2D eigenvalue weighted by Gasteiger charge is -2.27. The predicted molar refractivity (Wildman–Crippen MR) is 81.4 cm³/mol. The highest BCUT2D eigenvalue weighted by atomic mass is 35.5. The molecule has 1 aliphatic rings. The minimum absolute atomic E-state index is 0.0832. The van der Waals surface area contributed by atoms with Gasteiger partial charge in [0.05, 0.1) is 0 Å². The number of carbonyl (C=O) groups excluding carboxylic acids is 1. The van der Waals surface area contributed by atoms with Crippen molar-refractivity contribution in [3.8, 4) is 0 Å². The molecule has 2 rings (SSSR count). The van der Waals surface area contributed by atoms with Crippen molar-refractivity contribution in [2.24, 2.45) is 0 Å². The second-order valence-corrected chi connectivity index (χ2v) is 5.85. The van der Waals surface area contributed by atoms with E-state index in [-0.39, 0.29) is 18.5 Å². The van der Waals surface area contributed by atoms with E-state index >= 15 is 0 Å². The Kier molecular flexibility index (Phi) is 5.62. The van der Waals surface area contributed by atoms with Gasteiger partial charge in [-0.2, -0.15) is 0 Å². The largest absolute Gasteiger partial charge is 0.480 e. The molecule has 1 aromatic rings. The summed E-state index contributed by atoms with van der Waals surface area (Å²) in [5.74, 6) is -1.04. The van der Waals surface area contributed by atoms with Gasteiger partial charge in [-0.15, -0.1) is 0 Å². The van der Waals surface area contributed by atoms with E-state index in [2.05, 4.69) is 0 Å². The lowest BCUT2D eigenvalue weighted by Crippen LogP contribution is -2.42. The number of carboxylic acids is 1. The average molecular weight is 310 g/mol. The summed E-state index contributed by atoms with van der Waals surface area (Å²) in [7, 11) is 0. The summed E-state index contributed by atoms with van der Waals surface area (Å²) in [6.45, 7) is -0.202. The van der Waals surface area contributed by atoms with Gasteiger partial charge in [0.2, 0.25) is 5.91 Å². The van der Waals surface area contributed by atoms with Gasteiger partial charge in [-0.05, 0) is 30.9 Å². The van der Waals surface area contributed by atoms with Gasteiger partial charge in [0.15, 0.2) is 0 Å². The first kappa shape index (κ1) is 15.8. The zero-order valence-corrected chi connectivity index (χ0v) is 12.7. The highest BCUT2D eigenvalue weighted by molar-refractivity contribution is 6.31. The highest BCUT2D eigenvalue weighted by Crippen LogP contribution is 2.24. The van der Waals surface area contributed by atoms with E-state index in [9.17, 15) is 9.59 Å². The third kappa shape index (κ3) is 4.46. The summed E-state index contributed by atoms with van der Waals surface area (Å²) in [5.41, 5.74) is 0.925. The summed E-state index contributed by atoms with van der Waals surface area (Å²) >= 11 is 6.08. The lowest BCUT2D eigenvalue weighted by molar-refractivity contribution is -0.146. The predicted octanol–water partition coefficient (Wildman–Crippen LogP) is 3.13. The van der Waals surface area contributed by atoms with Crippen molar-refractivity contribution in [2.45, 2.75) is 44.6 Å². The molecule has 1 saturated carbocycles. The van der Waals surface area contributed by atoms with Crippen LogP contribution in [-0.2, 0) is 16.0 Å². The molecule has 0 atom stereocenters. The maximum Gasteiger partial charge on any atom is 0.323 e. The van der Waals surface area contributed by atoms with Crippen LogP contribution in [0.15, 0.2) is 24.3 Å². The maximum atomic E-state index is 12.4. The maximum absolute atomic E-state index is 12.4. The Labute approximate surface area is 129 Å². The molecule has 0 spiro atoms. The monoisotopic (exact) mass is 309 g/mol. The molecular weight excluding hydrogens is 290 g/mol. The number of amides is 1. The first-order chi connectivity index (χ1) is 10.1. The Morgan fingerprint density at radius 2 is 1.90 bits per heavy atom.